The summed E-state index contributed by atoms with van der Waals surface area (Å²) in [5.41, 5.74) is 4.56. The highest BCUT2D eigenvalue weighted by Crippen LogP contribution is 2.39. The summed E-state index contributed by atoms with van der Waals surface area (Å²) in [6.45, 7) is 7.07. The Morgan fingerprint density at radius 2 is 1.62 bits per heavy atom. The van der Waals surface area contributed by atoms with Crippen LogP contribution in [0.3, 0.4) is 0 Å². The third kappa shape index (κ3) is 6.15. The van der Waals surface area contributed by atoms with Crippen molar-refractivity contribution in [2.45, 2.75) is 33.2 Å². The quantitative estimate of drug-likeness (QED) is 0.156. The van der Waals surface area contributed by atoms with Crippen LogP contribution in [0, 0.1) is 5.92 Å². The van der Waals surface area contributed by atoms with Crippen LogP contribution in [0.2, 0.25) is 0 Å². The smallest absolute Gasteiger partial charge is 0.266 e. The fourth-order valence-electron chi connectivity index (χ4n) is 4.39. The first-order valence-corrected chi connectivity index (χ1v) is 14.3. The third-order valence-electron chi connectivity index (χ3n) is 6.63. The minimum Gasteiger partial charge on any atom is -0.494 e. The molecule has 5 rings (SSSR count). The Balaban J connectivity index is 1.47. The van der Waals surface area contributed by atoms with Gasteiger partial charge >= 0.3 is 0 Å². The van der Waals surface area contributed by atoms with Crippen molar-refractivity contribution in [2.75, 3.05) is 6.61 Å². The molecule has 7 heteroatoms. The molecule has 1 amide bonds. The van der Waals surface area contributed by atoms with E-state index in [0.29, 0.717) is 21.8 Å². The molecule has 0 N–H and O–H groups in total. The molecule has 1 fully saturated rings. The first-order chi connectivity index (χ1) is 18.9. The largest absolute Gasteiger partial charge is 0.494 e. The van der Waals surface area contributed by atoms with Crippen LogP contribution in [-0.4, -0.2) is 31.5 Å². The molecule has 1 atom stereocenters. The van der Waals surface area contributed by atoms with Gasteiger partial charge in [0.05, 0.1) is 28.9 Å². The zero-order valence-corrected chi connectivity index (χ0v) is 23.9. The minimum absolute atomic E-state index is 0.0892. The van der Waals surface area contributed by atoms with Crippen LogP contribution in [0.4, 0.5) is 0 Å². The van der Waals surface area contributed by atoms with Crippen LogP contribution in [0.15, 0.2) is 96.0 Å². The molecule has 39 heavy (non-hydrogen) atoms. The zero-order chi connectivity index (χ0) is 27.4. The maximum Gasteiger partial charge on any atom is 0.266 e. The first-order valence-electron chi connectivity index (χ1n) is 13.1. The van der Waals surface area contributed by atoms with Crippen LogP contribution in [0.25, 0.3) is 23.0 Å². The van der Waals surface area contributed by atoms with Gasteiger partial charge in [-0.05, 0) is 67.3 Å². The Morgan fingerprint density at radius 3 is 2.28 bits per heavy atom. The van der Waals surface area contributed by atoms with Gasteiger partial charge in [0, 0.05) is 17.3 Å². The van der Waals surface area contributed by atoms with E-state index in [1.54, 1.807) is 4.90 Å². The number of aromatic nitrogens is 2. The second-order valence-corrected chi connectivity index (χ2v) is 11.6. The van der Waals surface area contributed by atoms with E-state index in [-0.39, 0.29) is 11.9 Å². The van der Waals surface area contributed by atoms with E-state index in [1.807, 2.05) is 109 Å². The fraction of sp³-hybridized carbons (Fsp3) is 0.219. The highest BCUT2D eigenvalue weighted by molar-refractivity contribution is 8.26. The van der Waals surface area contributed by atoms with E-state index >= 15 is 0 Å². The number of thioether (sulfide) groups is 1. The van der Waals surface area contributed by atoms with Gasteiger partial charge in [0.15, 0.2) is 0 Å². The van der Waals surface area contributed by atoms with E-state index in [1.165, 1.54) is 11.8 Å². The van der Waals surface area contributed by atoms with Crippen molar-refractivity contribution in [3.8, 4) is 22.7 Å². The van der Waals surface area contributed by atoms with Gasteiger partial charge < -0.3 is 4.74 Å². The summed E-state index contributed by atoms with van der Waals surface area (Å²) in [7, 11) is 0. The molecule has 0 spiro atoms. The number of carbonyl (C=O) groups is 1. The Labute approximate surface area is 239 Å². The van der Waals surface area contributed by atoms with Crippen molar-refractivity contribution in [2.24, 2.45) is 5.92 Å². The molecular weight excluding hydrogens is 523 g/mol. The third-order valence-corrected chi connectivity index (χ3v) is 7.96. The molecule has 198 valence electrons. The highest BCUT2D eigenvalue weighted by atomic mass is 32.2. The number of nitrogens with zero attached hydrogens (tertiary/aromatic N) is 3. The van der Waals surface area contributed by atoms with Crippen LogP contribution >= 0.6 is 24.0 Å². The maximum atomic E-state index is 13.6. The summed E-state index contributed by atoms with van der Waals surface area (Å²) in [6, 6.07) is 27.7. The normalized spacial score (nSPS) is 15.4. The van der Waals surface area contributed by atoms with Gasteiger partial charge in [0.25, 0.3) is 5.91 Å². The van der Waals surface area contributed by atoms with Crippen molar-refractivity contribution in [1.29, 1.82) is 0 Å². The molecule has 4 aromatic rings. The van der Waals surface area contributed by atoms with Gasteiger partial charge in [-0.15, -0.1) is 0 Å². The summed E-state index contributed by atoms with van der Waals surface area (Å²) in [4.78, 5) is 15.8. The van der Waals surface area contributed by atoms with Crippen molar-refractivity contribution in [3.05, 3.63) is 107 Å². The minimum atomic E-state index is -0.153. The van der Waals surface area contributed by atoms with Crippen molar-refractivity contribution < 1.29 is 9.53 Å². The lowest BCUT2D eigenvalue weighted by Crippen LogP contribution is -2.30. The fourth-order valence-corrected chi connectivity index (χ4v) is 5.80. The monoisotopic (exact) mass is 553 g/mol. The van der Waals surface area contributed by atoms with E-state index in [9.17, 15) is 4.79 Å². The second kappa shape index (κ2) is 12.0. The number of rotatable bonds is 9. The maximum absolute atomic E-state index is 13.6. The molecular formula is C32H31N3O2S2. The van der Waals surface area contributed by atoms with Crippen LogP contribution in [-0.2, 0) is 4.79 Å². The topological polar surface area (TPSA) is 47.4 Å². The Morgan fingerprint density at radius 1 is 0.949 bits per heavy atom. The average Bonchev–Trinajstić information content (AvgIpc) is 3.49. The molecule has 3 aromatic carbocycles. The van der Waals surface area contributed by atoms with E-state index < -0.39 is 0 Å². The lowest BCUT2D eigenvalue weighted by Gasteiger charge is -2.23. The Hall–Kier alpha value is -3.68. The predicted octanol–water partition coefficient (Wildman–Crippen LogP) is 7.93. The molecule has 0 unspecified atom stereocenters. The number of para-hydroxylation sites is 1. The summed E-state index contributed by atoms with van der Waals surface area (Å²) >= 11 is 6.99. The molecule has 0 saturated carbocycles. The van der Waals surface area contributed by atoms with Crippen molar-refractivity contribution >= 4 is 40.3 Å². The molecule has 0 aliphatic carbocycles. The van der Waals surface area contributed by atoms with E-state index in [4.69, 9.17) is 22.1 Å². The number of benzene rings is 3. The molecule has 1 aliphatic rings. The number of hydrogen-bond donors (Lipinski definition) is 0. The van der Waals surface area contributed by atoms with Crippen molar-refractivity contribution in [1.82, 2.24) is 14.7 Å². The Bertz CT molecular complexity index is 1480. The second-order valence-electron chi connectivity index (χ2n) is 9.91. The average molecular weight is 554 g/mol. The molecule has 1 aromatic heterocycles. The number of thiocarbonyl (C=S) groups is 1. The predicted molar refractivity (Wildman–Crippen MR) is 164 cm³/mol. The summed E-state index contributed by atoms with van der Waals surface area (Å²) < 4.78 is 8.32. The summed E-state index contributed by atoms with van der Waals surface area (Å²) in [5, 5.41) is 4.92. The summed E-state index contributed by atoms with van der Waals surface area (Å²) in [6.07, 6.45) is 4.88. The Kier molecular flexibility index (Phi) is 8.29. The van der Waals surface area contributed by atoms with Crippen LogP contribution in [0.5, 0.6) is 5.75 Å². The van der Waals surface area contributed by atoms with E-state index in [2.05, 4.69) is 13.8 Å². The lowest BCUT2D eigenvalue weighted by atomic mass is 10.1. The first kappa shape index (κ1) is 26.9. The lowest BCUT2D eigenvalue weighted by molar-refractivity contribution is -0.123. The van der Waals surface area contributed by atoms with E-state index in [0.717, 1.165) is 40.2 Å². The number of carbonyl (C=O) groups excluding carboxylic acids is 1. The number of ether oxygens (including phenoxy) is 1. The molecule has 0 bridgehead atoms. The van der Waals surface area contributed by atoms with Gasteiger partial charge in [-0.1, -0.05) is 86.4 Å². The molecule has 1 aliphatic heterocycles. The van der Waals surface area contributed by atoms with Gasteiger partial charge in [0.2, 0.25) is 0 Å². The highest BCUT2D eigenvalue weighted by Gasteiger charge is 2.36. The van der Waals surface area contributed by atoms with Gasteiger partial charge in [-0.25, -0.2) is 4.68 Å². The zero-order valence-electron chi connectivity index (χ0n) is 22.3. The van der Waals surface area contributed by atoms with Crippen LogP contribution in [0.1, 0.15) is 44.4 Å². The van der Waals surface area contributed by atoms with Gasteiger partial charge in [-0.2, -0.15) is 5.10 Å². The SMILES string of the molecule is CC(C)CCOc1ccc(-c2nn(-c3ccccc3)cc2/C=C2\SC(=S)N([C@H](C)c3ccccc3)C2=O)cc1. The molecule has 5 nitrogen and oxygen atoms in total. The molecule has 1 saturated heterocycles. The standard InChI is InChI=1S/C32H31N3O2S2/c1-22(2)18-19-37-28-16-14-25(15-17-28)30-26(21-34(33-30)27-12-8-5-9-13-27)20-29-31(36)35(32(38)39-29)23(3)24-10-6-4-7-11-24/h4-17,20-23H,18-19H2,1-3H3/b29-20-/t23-/m1/s1. The van der Waals surface area contributed by atoms with Gasteiger partial charge in [-0.3, -0.25) is 9.69 Å². The number of amides is 1. The summed E-state index contributed by atoms with van der Waals surface area (Å²) in [5.74, 6) is 1.34. The molecule has 0 radical (unpaired) electrons. The molecule has 2 heterocycles. The number of hydrogen-bond acceptors (Lipinski definition) is 5. The van der Waals surface area contributed by atoms with Crippen LogP contribution < -0.4 is 4.74 Å². The van der Waals surface area contributed by atoms with Crippen molar-refractivity contribution in [3.63, 3.8) is 0 Å². The van der Waals surface area contributed by atoms with Gasteiger partial charge in [0.1, 0.15) is 10.1 Å².